The van der Waals surface area contributed by atoms with Crippen LogP contribution in [-0.4, -0.2) is 23.9 Å². The fourth-order valence-corrected chi connectivity index (χ4v) is 3.09. The van der Waals surface area contributed by atoms with E-state index in [1.54, 1.807) is 0 Å². The van der Waals surface area contributed by atoms with Crippen LogP contribution in [0.2, 0.25) is 0 Å². The highest BCUT2D eigenvalue weighted by Crippen LogP contribution is 2.24. The van der Waals surface area contributed by atoms with Gasteiger partial charge < -0.3 is 10.6 Å². The molecule has 1 aliphatic rings. The first kappa shape index (κ1) is 14.1. The fraction of sp³-hybridized carbons (Fsp3) is 0.389. The van der Waals surface area contributed by atoms with Crippen LogP contribution in [0.3, 0.4) is 0 Å². The summed E-state index contributed by atoms with van der Waals surface area (Å²) in [5, 5.41) is 2.42. The van der Waals surface area contributed by atoms with Gasteiger partial charge in [0.25, 0.3) is 0 Å². The van der Waals surface area contributed by atoms with Gasteiger partial charge in [0, 0.05) is 25.6 Å². The largest absolute Gasteiger partial charge is 0.340 e. The molecule has 3 nitrogen and oxygen atoms in total. The molecular weight excluding hydrogens is 260 g/mol. The van der Waals surface area contributed by atoms with E-state index in [0.717, 1.165) is 18.5 Å². The summed E-state index contributed by atoms with van der Waals surface area (Å²) in [7, 11) is 0. The molecule has 110 valence electrons. The zero-order valence-electron chi connectivity index (χ0n) is 12.5. The summed E-state index contributed by atoms with van der Waals surface area (Å²) < 4.78 is 0. The molecule has 2 N–H and O–H groups in total. The van der Waals surface area contributed by atoms with Crippen molar-refractivity contribution in [3.63, 3.8) is 0 Å². The topological polar surface area (TPSA) is 46.3 Å². The van der Waals surface area contributed by atoms with Gasteiger partial charge in [-0.05, 0) is 28.3 Å². The van der Waals surface area contributed by atoms with Crippen LogP contribution in [0.1, 0.15) is 31.4 Å². The summed E-state index contributed by atoms with van der Waals surface area (Å²) in [4.78, 5) is 13.9. The standard InChI is InChI=1S/C18H22N2O/c1-2-13-9-18(21)20(11-13)12-17(19)16-8-7-14-5-3-4-6-15(14)10-16/h3-8,10,13,17H,2,9,11-12,19H2,1H3. The molecule has 3 heteroatoms. The van der Waals surface area contributed by atoms with Crippen molar-refractivity contribution in [2.45, 2.75) is 25.8 Å². The Morgan fingerprint density at radius 3 is 2.71 bits per heavy atom. The van der Waals surface area contributed by atoms with Crippen molar-refractivity contribution >= 4 is 16.7 Å². The van der Waals surface area contributed by atoms with Crippen LogP contribution < -0.4 is 5.73 Å². The molecule has 0 aliphatic carbocycles. The summed E-state index contributed by atoms with van der Waals surface area (Å²) in [5.41, 5.74) is 7.42. The second-order valence-electron chi connectivity index (χ2n) is 5.99. The van der Waals surface area contributed by atoms with Crippen LogP contribution in [0.5, 0.6) is 0 Å². The Balaban J connectivity index is 1.74. The third-order valence-electron chi connectivity index (χ3n) is 4.49. The number of nitrogens with zero attached hydrogens (tertiary/aromatic N) is 1. The molecule has 1 fully saturated rings. The molecule has 3 rings (SSSR count). The monoisotopic (exact) mass is 282 g/mol. The van der Waals surface area contributed by atoms with E-state index in [0.29, 0.717) is 18.9 Å². The summed E-state index contributed by atoms with van der Waals surface area (Å²) >= 11 is 0. The molecular formula is C18H22N2O. The van der Waals surface area contributed by atoms with Crippen molar-refractivity contribution in [2.24, 2.45) is 11.7 Å². The van der Waals surface area contributed by atoms with Gasteiger partial charge in [-0.1, -0.05) is 49.7 Å². The van der Waals surface area contributed by atoms with Crippen molar-refractivity contribution in [3.05, 3.63) is 48.0 Å². The number of hydrogen-bond donors (Lipinski definition) is 1. The Morgan fingerprint density at radius 1 is 1.24 bits per heavy atom. The number of carbonyl (C=O) groups excluding carboxylic acids is 1. The molecule has 0 bridgehead atoms. The van der Waals surface area contributed by atoms with E-state index in [1.165, 1.54) is 10.8 Å². The van der Waals surface area contributed by atoms with Crippen LogP contribution >= 0.6 is 0 Å². The lowest BCUT2D eigenvalue weighted by molar-refractivity contribution is -0.127. The van der Waals surface area contributed by atoms with E-state index in [2.05, 4.69) is 37.3 Å². The second-order valence-corrected chi connectivity index (χ2v) is 5.99. The minimum atomic E-state index is -0.117. The molecule has 21 heavy (non-hydrogen) atoms. The molecule has 1 amide bonds. The first-order chi connectivity index (χ1) is 10.2. The number of likely N-dealkylation sites (tertiary alicyclic amines) is 1. The van der Waals surface area contributed by atoms with Gasteiger partial charge in [0.1, 0.15) is 0 Å². The molecule has 0 aromatic heterocycles. The molecule has 1 heterocycles. The lowest BCUT2D eigenvalue weighted by Gasteiger charge is -2.22. The van der Waals surface area contributed by atoms with Crippen LogP contribution in [0.15, 0.2) is 42.5 Å². The Morgan fingerprint density at radius 2 is 2.00 bits per heavy atom. The lowest BCUT2D eigenvalue weighted by Crippen LogP contribution is -2.33. The average molecular weight is 282 g/mol. The highest BCUT2D eigenvalue weighted by molar-refractivity contribution is 5.83. The van der Waals surface area contributed by atoms with Gasteiger partial charge in [0.2, 0.25) is 5.91 Å². The number of amides is 1. The minimum Gasteiger partial charge on any atom is -0.340 e. The van der Waals surface area contributed by atoms with Crippen LogP contribution in [0.4, 0.5) is 0 Å². The zero-order valence-corrected chi connectivity index (χ0v) is 12.5. The van der Waals surface area contributed by atoms with Crippen molar-refractivity contribution in [1.29, 1.82) is 0 Å². The van der Waals surface area contributed by atoms with Gasteiger partial charge in [-0.2, -0.15) is 0 Å². The summed E-state index contributed by atoms with van der Waals surface area (Å²) in [6.45, 7) is 3.62. The van der Waals surface area contributed by atoms with Crippen LogP contribution in [-0.2, 0) is 4.79 Å². The number of benzene rings is 2. The van der Waals surface area contributed by atoms with Crippen LogP contribution in [0.25, 0.3) is 10.8 Å². The average Bonchev–Trinajstić information content (AvgIpc) is 2.87. The highest BCUT2D eigenvalue weighted by Gasteiger charge is 2.29. The van der Waals surface area contributed by atoms with Gasteiger partial charge in [0.05, 0.1) is 0 Å². The molecule has 2 unspecified atom stereocenters. The molecule has 1 aliphatic heterocycles. The quantitative estimate of drug-likeness (QED) is 0.936. The molecule has 0 radical (unpaired) electrons. The van der Waals surface area contributed by atoms with Crippen molar-refractivity contribution < 1.29 is 4.79 Å². The summed E-state index contributed by atoms with van der Waals surface area (Å²) in [6, 6.07) is 14.5. The lowest BCUT2D eigenvalue weighted by atomic mass is 10.0. The van der Waals surface area contributed by atoms with Gasteiger partial charge >= 0.3 is 0 Å². The Hall–Kier alpha value is -1.87. The Kier molecular flexibility index (Phi) is 3.93. The molecule has 2 aromatic rings. The molecule has 0 spiro atoms. The van der Waals surface area contributed by atoms with E-state index in [-0.39, 0.29) is 11.9 Å². The van der Waals surface area contributed by atoms with Gasteiger partial charge in [0.15, 0.2) is 0 Å². The predicted octanol–water partition coefficient (Wildman–Crippen LogP) is 3.10. The summed E-state index contributed by atoms with van der Waals surface area (Å²) in [6.07, 6.45) is 1.74. The number of hydrogen-bond acceptors (Lipinski definition) is 2. The van der Waals surface area contributed by atoms with Gasteiger partial charge in [-0.25, -0.2) is 0 Å². The third kappa shape index (κ3) is 2.93. The minimum absolute atomic E-state index is 0.117. The fourth-order valence-electron chi connectivity index (χ4n) is 3.09. The number of carbonyl (C=O) groups is 1. The van der Waals surface area contributed by atoms with Crippen molar-refractivity contribution in [1.82, 2.24) is 4.90 Å². The Bertz CT molecular complexity index is 652. The number of rotatable bonds is 4. The third-order valence-corrected chi connectivity index (χ3v) is 4.49. The van der Waals surface area contributed by atoms with Crippen molar-refractivity contribution in [2.75, 3.05) is 13.1 Å². The maximum absolute atomic E-state index is 12.0. The first-order valence-electron chi connectivity index (χ1n) is 7.69. The first-order valence-corrected chi connectivity index (χ1v) is 7.69. The molecule has 2 aromatic carbocycles. The van der Waals surface area contributed by atoms with E-state index in [1.807, 2.05) is 17.0 Å². The number of nitrogens with two attached hydrogens (primary N) is 1. The molecule has 2 atom stereocenters. The van der Waals surface area contributed by atoms with Gasteiger partial charge in [-0.15, -0.1) is 0 Å². The molecule has 0 saturated carbocycles. The molecule has 1 saturated heterocycles. The predicted molar refractivity (Wildman–Crippen MR) is 85.9 cm³/mol. The van der Waals surface area contributed by atoms with E-state index >= 15 is 0 Å². The van der Waals surface area contributed by atoms with Crippen LogP contribution in [0, 0.1) is 5.92 Å². The maximum atomic E-state index is 12.0. The van der Waals surface area contributed by atoms with Gasteiger partial charge in [-0.3, -0.25) is 4.79 Å². The highest BCUT2D eigenvalue weighted by atomic mass is 16.2. The maximum Gasteiger partial charge on any atom is 0.222 e. The second kappa shape index (κ2) is 5.86. The zero-order chi connectivity index (χ0) is 14.8. The van der Waals surface area contributed by atoms with E-state index in [4.69, 9.17) is 5.73 Å². The SMILES string of the molecule is CCC1CC(=O)N(CC(N)c2ccc3ccccc3c2)C1. The number of fused-ring (bicyclic) bond motifs is 1. The summed E-state index contributed by atoms with van der Waals surface area (Å²) in [5.74, 6) is 0.749. The van der Waals surface area contributed by atoms with Crippen molar-refractivity contribution in [3.8, 4) is 0 Å². The smallest absolute Gasteiger partial charge is 0.222 e. The van der Waals surface area contributed by atoms with E-state index in [9.17, 15) is 4.79 Å². The Labute approximate surface area is 125 Å². The normalized spacial score (nSPS) is 20.2. The van der Waals surface area contributed by atoms with E-state index < -0.39 is 0 Å².